The number of rotatable bonds is 38. The summed E-state index contributed by atoms with van der Waals surface area (Å²) in [5.41, 5.74) is 6.62. The highest BCUT2D eigenvalue weighted by Crippen LogP contribution is 2.46. The number of nitriles is 1. The molecule has 7 rings (SSSR count). The van der Waals surface area contributed by atoms with Crippen molar-refractivity contribution in [3.63, 3.8) is 0 Å². The zero-order valence-electron chi connectivity index (χ0n) is 47.1. The Morgan fingerprint density at radius 1 is 0.526 bits per heavy atom. The number of unbranched alkanes of at least 4 members (excludes halogenated alkanes) is 20. The van der Waals surface area contributed by atoms with Crippen molar-refractivity contribution in [3.8, 4) is 47.8 Å². The minimum atomic E-state index is -1.21. The van der Waals surface area contributed by atoms with Crippen LogP contribution in [0.4, 0.5) is 17.1 Å². The highest BCUT2D eigenvalue weighted by atomic mass is 32.1. The molecule has 3 aromatic carbocycles. The second-order valence-electron chi connectivity index (χ2n) is 20.7. The monoisotopic (exact) mass is 1120 g/mol. The van der Waals surface area contributed by atoms with Crippen LogP contribution in [0, 0.1) is 11.3 Å². The summed E-state index contributed by atoms with van der Waals surface area (Å²) in [7, 11) is 0. The van der Waals surface area contributed by atoms with Gasteiger partial charge in [-0.15, -0.1) is 22.7 Å². The number of hydrogen-bond donors (Lipinski definition) is 1. The van der Waals surface area contributed by atoms with E-state index < -0.39 is 5.97 Å². The average Bonchev–Trinajstić information content (AvgIpc) is 4.29. The number of hydrogen-bond acceptors (Lipinski definition) is 11. The zero-order chi connectivity index (χ0) is 54.7. The van der Waals surface area contributed by atoms with E-state index >= 15 is 0 Å². The van der Waals surface area contributed by atoms with Crippen LogP contribution in [-0.4, -0.2) is 34.3 Å². The summed E-state index contributed by atoms with van der Waals surface area (Å²) >= 11 is 6.62. The topological polar surface area (TPSA) is 109 Å². The van der Waals surface area contributed by atoms with E-state index in [1.54, 1.807) is 22.7 Å². The molecule has 0 unspecified atom stereocenters. The largest absolute Gasteiger partial charge is 0.494 e. The lowest BCUT2D eigenvalue weighted by Crippen LogP contribution is -2.10. The van der Waals surface area contributed by atoms with E-state index in [4.69, 9.17) is 19.4 Å². The predicted molar refractivity (Wildman–Crippen MR) is 335 cm³/mol. The lowest BCUT2D eigenvalue weighted by atomic mass is 10.0. The van der Waals surface area contributed by atoms with Crippen LogP contribution in [0.25, 0.3) is 45.9 Å². The van der Waals surface area contributed by atoms with Gasteiger partial charge in [-0.25, -0.2) is 14.8 Å². The van der Waals surface area contributed by atoms with E-state index in [1.165, 1.54) is 160 Å². The summed E-state index contributed by atoms with van der Waals surface area (Å²) in [6.07, 6.45) is 32.8. The summed E-state index contributed by atoms with van der Waals surface area (Å²) in [6.45, 7) is 10.5. The summed E-state index contributed by atoms with van der Waals surface area (Å²) in [5.74, 6) is 0.584. The van der Waals surface area contributed by atoms with Gasteiger partial charge >= 0.3 is 5.97 Å². The van der Waals surface area contributed by atoms with Gasteiger partial charge in [0.05, 0.1) is 23.0 Å². The molecule has 0 fully saturated rings. The first-order chi connectivity index (χ1) is 38.3. The van der Waals surface area contributed by atoms with Crippen LogP contribution >= 0.6 is 45.3 Å². The lowest BCUT2D eigenvalue weighted by molar-refractivity contribution is -0.132. The van der Waals surface area contributed by atoms with Gasteiger partial charge in [0.15, 0.2) is 9.66 Å². The van der Waals surface area contributed by atoms with Gasteiger partial charge in [0, 0.05) is 26.8 Å². The van der Waals surface area contributed by atoms with Crippen LogP contribution in [0.2, 0.25) is 0 Å². The summed E-state index contributed by atoms with van der Waals surface area (Å²) in [5, 5.41) is 21.1. The molecular weight excluding hydrogens is 1040 g/mol. The Labute approximate surface area is 482 Å². The Kier molecular flexibility index (Phi) is 25.8. The van der Waals surface area contributed by atoms with Gasteiger partial charge in [-0.2, -0.15) is 5.26 Å². The molecule has 0 aliphatic carbocycles. The SMILES string of the molecule is CCCCCCCCOc1ccc(N(c2ccc(OCCCCCCCC)cc2)c2ccc(-c3cc(CCCCCCCC)c(-c4nc5sc(-c6sc(/C=C(\C#N)C(=O)O)cc6CCCCCCCC)nc5s4)s3)cc2)cc1. The molecule has 0 radical (unpaired) electrons. The number of aliphatic carboxylic acids is 1. The number of thiophene rings is 2. The Balaban J connectivity index is 1.14. The Hall–Kier alpha value is -5.32. The van der Waals surface area contributed by atoms with Crippen molar-refractivity contribution in [1.29, 1.82) is 5.26 Å². The van der Waals surface area contributed by atoms with Crippen molar-refractivity contribution >= 4 is 84.1 Å². The van der Waals surface area contributed by atoms with Crippen molar-refractivity contribution in [1.82, 2.24) is 9.97 Å². The molecular formula is C66H84N4O4S4. The number of anilines is 3. The Morgan fingerprint density at radius 3 is 1.36 bits per heavy atom. The van der Waals surface area contributed by atoms with Crippen LogP contribution < -0.4 is 14.4 Å². The maximum absolute atomic E-state index is 11.8. The maximum atomic E-state index is 11.8. The van der Waals surface area contributed by atoms with Crippen molar-refractivity contribution in [3.05, 3.63) is 107 Å². The van der Waals surface area contributed by atoms with Gasteiger partial charge in [-0.05, 0) is 134 Å². The number of aromatic nitrogens is 2. The molecule has 0 aliphatic rings. The molecule has 416 valence electrons. The molecule has 0 spiro atoms. The smallest absolute Gasteiger partial charge is 0.346 e. The second kappa shape index (κ2) is 33.3. The number of nitrogens with zero attached hydrogens (tertiary/aromatic N) is 4. The van der Waals surface area contributed by atoms with Gasteiger partial charge < -0.3 is 19.5 Å². The summed E-state index contributed by atoms with van der Waals surface area (Å²) < 4.78 is 12.4. The number of thiazole rings is 2. The number of fused-ring (bicyclic) bond motifs is 1. The van der Waals surface area contributed by atoms with E-state index in [1.807, 2.05) is 17.4 Å². The number of carbonyl (C=O) groups is 1. The van der Waals surface area contributed by atoms with Gasteiger partial charge in [0.1, 0.15) is 33.2 Å². The number of carboxylic acid groups (broad SMARTS) is 1. The number of benzene rings is 3. The zero-order valence-corrected chi connectivity index (χ0v) is 50.3. The molecule has 0 amide bonds. The highest BCUT2D eigenvalue weighted by Gasteiger charge is 2.22. The first-order valence-electron chi connectivity index (χ1n) is 29.6. The third-order valence-electron chi connectivity index (χ3n) is 14.4. The van der Waals surface area contributed by atoms with Crippen molar-refractivity contribution in [2.45, 2.75) is 195 Å². The van der Waals surface area contributed by atoms with Gasteiger partial charge in [0.2, 0.25) is 0 Å². The number of aryl methyl sites for hydroxylation is 2. The van der Waals surface area contributed by atoms with E-state index in [-0.39, 0.29) is 5.57 Å². The molecule has 1 N–H and O–H groups in total. The van der Waals surface area contributed by atoms with Crippen LogP contribution in [0.3, 0.4) is 0 Å². The van der Waals surface area contributed by atoms with Crippen molar-refractivity contribution in [2.24, 2.45) is 0 Å². The standard InChI is InChI=1S/C66H84N4O4S4/c1-5-9-13-17-21-25-29-50-45-58(46-52(48-67)66(71)72)75-60(50)62-68-64-65(77-62)69-63(78-64)61-51(30-26-22-18-14-10-6-2)47-59(76-61)49-31-33-53(34-32-49)70(54-35-39-56(40-36-54)73-43-27-23-19-15-11-7-3)55-37-41-57(42-38-55)74-44-28-24-20-16-12-8-4/h31-42,45-47H,5-30,43-44H2,1-4H3,(H,71,72)/b52-46+. The van der Waals surface area contributed by atoms with E-state index in [0.29, 0.717) is 0 Å². The van der Waals surface area contributed by atoms with Crippen LogP contribution in [0.5, 0.6) is 11.5 Å². The molecule has 78 heavy (non-hydrogen) atoms. The third kappa shape index (κ3) is 18.4. The molecule has 0 bridgehead atoms. The fourth-order valence-corrected chi connectivity index (χ4v) is 14.5. The van der Waals surface area contributed by atoms with E-state index in [2.05, 4.69) is 118 Å². The Morgan fingerprint density at radius 2 is 0.923 bits per heavy atom. The molecule has 0 aliphatic heterocycles. The first-order valence-corrected chi connectivity index (χ1v) is 32.8. The first kappa shape index (κ1) is 60.3. The summed E-state index contributed by atoms with van der Waals surface area (Å²) in [4.78, 5) is 30.7. The van der Waals surface area contributed by atoms with Gasteiger partial charge in [0.25, 0.3) is 0 Å². The quantitative estimate of drug-likeness (QED) is 0.0232. The highest BCUT2D eigenvalue weighted by molar-refractivity contribution is 7.32. The minimum absolute atomic E-state index is 0.263. The van der Waals surface area contributed by atoms with Crippen molar-refractivity contribution in [2.75, 3.05) is 18.1 Å². The van der Waals surface area contributed by atoms with Crippen LogP contribution in [0.1, 0.15) is 198 Å². The summed E-state index contributed by atoms with van der Waals surface area (Å²) in [6, 6.07) is 32.4. The lowest BCUT2D eigenvalue weighted by Gasteiger charge is -2.26. The fraction of sp³-hybridized carbons (Fsp3) is 0.485. The number of ether oxygens (including phenoxy) is 2. The molecule has 4 aromatic heterocycles. The molecule has 7 aromatic rings. The minimum Gasteiger partial charge on any atom is -0.494 e. The van der Waals surface area contributed by atoms with Crippen molar-refractivity contribution < 1.29 is 19.4 Å². The maximum Gasteiger partial charge on any atom is 0.346 e. The fourth-order valence-electron chi connectivity index (χ4n) is 9.89. The van der Waals surface area contributed by atoms with Crippen LogP contribution in [-0.2, 0) is 17.6 Å². The molecule has 12 heteroatoms. The van der Waals surface area contributed by atoms with E-state index in [9.17, 15) is 15.2 Å². The van der Waals surface area contributed by atoms with Gasteiger partial charge in [-0.1, -0.05) is 191 Å². The predicted octanol–water partition coefficient (Wildman–Crippen LogP) is 21.6. The van der Waals surface area contributed by atoms with E-state index in [0.717, 1.165) is 122 Å². The average molecular weight is 1130 g/mol. The second-order valence-corrected chi connectivity index (χ2v) is 24.8. The Bertz CT molecular complexity index is 2830. The normalized spacial score (nSPS) is 11.7. The van der Waals surface area contributed by atoms with Crippen LogP contribution in [0.15, 0.2) is 90.5 Å². The number of carboxylic acids is 1. The molecule has 0 atom stereocenters. The molecule has 0 saturated heterocycles. The third-order valence-corrected chi connectivity index (χ3v) is 19.1. The molecule has 0 saturated carbocycles. The molecule has 4 heterocycles. The molecule has 8 nitrogen and oxygen atoms in total. The van der Waals surface area contributed by atoms with Gasteiger partial charge in [-0.3, -0.25) is 0 Å².